The maximum Gasteiger partial charge on any atom is 0.0521 e. The van der Waals surface area contributed by atoms with E-state index in [9.17, 15) is 0 Å². The molecule has 0 aliphatic heterocycles. The number of hydrogen-bond donors (Lipinski definition) is 2. The Bertz CT molecular complexity index is 538. The fraction of sp³-hybridized carbons (Fsp3) is 0.400. The topological polar surface area (TPSA) is 55.9 Å². The first-order chi connectivity index (χ1) is 9.69. The predicted molar refractivity (Wildman–Crippen MR) is 84.5 cm³/mol. The number of nitrogens with one attached hydrogen (secondary N) is 1. The van der Waals surface area contributed by atoms with Crippen LogP contribution < -0.4 is 11.3 Å². The van der Waals surface area contributed by atoms with Gasteiger partial charge >= 0.3 is 0 Å². The minimum atomic E-state index is 0.305. The summed E-state index contributed by atoms with van der Waals surface area (Å²) in [5.41, 5.74) is 5.50. The van der Waals surface area contributed by atoms with E-state index in [1.54, 1.807) is 0 Å². The van der Waals surface area contributed by atoms with Crippen LogP contribution in [0.4, 0.5) is 0 Å². The number of hydrogen-bond acceptors (Lipinski definition) is 4. The molecule has 4 nitrogen and oxygen atoms in total. The third-order valence-electron chi connectivity index (χ3n) is 3.31. The van der Waals surface area contributed by atoms with E-state index in [1.165, 1.54) is 16.0 Å². The lowest BCUT2D eigenvalue weighted by Crippen LogP contribution is -2.37. The molecule has 1 atom stereocenters. The van der Waals surface area contributed by atoms with E-state index in [1.807, 2.05) is 29.7 Å². The number of aryl methyl sites for hydroxylation is 3. The van der Waals surface area contributed by atoms with Gasteiger partial charge < -0.3 is 0 Å². The van der Waals surface area contributed by atoms with Crippen molar-refractivity contribution in [3.05, 3.63) is 47.8 Å². The molecule has 0 spiro atoms. The maximum absolute atomic E-state index is 5.66. The lowest BCUT2D eigenvalue weighted by atomic mass is 10.1. The van der Waals surface area contributed by atoms with Gasteiger partial charge in [-0.1, -0.05) is 18.2 Å². The number of aromatic nitrogens is 2. The van der Waals surface area contributed by atoms with Crippen molar-refractivity contribution in [2.24, 2.45) is 12.9 Å². The van der Waals surface area contributed by atoms with Crippen LogP contribution in [0.5, 0.6) is 0 Å². The van der Waals surface area contributed by atoms with Gasteiger partial charge in [0.1, 0.15) is 0 Å². The summed E-state index contributed by atoms with van der Waals surface area (Å²) >= 11 is 1.86. The molecule has 20 heavy (non-hydrogen) atoms. The molecule has 1 aromatic heterocycles. The van der Waals surface area contributed by atoms with Gasteiger partial charge in [0.25, 0.3) is 0 Å². The van der Waals surface area contributed by atoms with Crippen LogP contribution in [0.2, 0.25) is 0 Å². The molecule has 0 bridgehead atoms. The second-order valence-corrected chi connectivity index (χ2v) is 6.06. The fourth-order valence-corrected chi connectivity index (χ4v) is 3.18. The van der Waals surface area contributed by atoms with Crippen LogP contribution in [0.1, 0.15) is 17.5 Å². The van der Waals surface area contributed by atoms with Gasteiger partial charge in [0, 0.05) is 29.9 Å². The zero-order chi connectivity index (χ0) is 14.4. The zero-order valence-corrected chi connectivity index (χ0v) is 12.9. The van der Waals surface area contributed by atoms with Crippen molar-refractivity contribution in [3.8, 4) is 0 Å². The van der Waals surface area contributed by atoms with E-state index in [0.717, 1.165) is 18.6 Å². The summed E-state index contributed by atoms with van der Waals surface area (Å²) in [6.45, 7) is 2.14. The third-order valence-corrected chi connectivity index (χ3v) is 4.65. The molecule has 1 heterocycles. The molecule has 1 aromatic carbocycles. The summed E-state index contributed by atoms with van der Waals surface area (Å²) in [5, 5.41) is 4.19. The number of nitrogens with two attached hydrogens (primary N) is 1. The lowest BCUT2D eigenvalue weighted by molar-refractivity contribution is 0.539. The van der Waals surface area contributed by atoms with Gasteiger partial charge in [0.15, 0.2) is 0 Å². The average Bonchev–Trinajstić information content (AvgIpc) is 2.86. The van der Waals surface area contributed by atoms with E-state index in [0.29, 0.717) is 6.04 Å². The van der Waals surface area contributed by atoms with E-state index >= 15 is 0 Å². The molecule has 108 valence electrons. The van der Waals surface area contributed by atoms with Crippen LogP contribution in [0.15, 0.2) is 41.6 Å². The number of hydrazine groups is 1. The molecule has 0 radical (unpaired) electrons. The Morgan fingerprint density at radius 2 is 2.20 bits per heavy atom. The SMILES string of the molecule is Cc1ccccc1SCC(CCc1cnn(C)c1)NN. The Morgan fingerprint density at radius 3 is 2.85 bits per heavy atom. The first-order valence-electron chi connectivity index (χ1n) is 6.81. The van der Waals surface area contributed by atoms with Crippen LogP contribution in [-0.2, 0) is 13.5 Å². The van der Waals surface area contributed by atoms with Gasteiger partial charge in [-0.15, -0.1) is 11.8 Å². The number of benzene rings is 1. The summed E-state index contributed by atoms with van der Waals surface area (Å²) in [4.78, 5) is 1.33. The molecular formula is C15H22N4S. The standard InChI is InChI=1S/C15H22N4S/c1-12-5-3-4-6-15(12)20-11-14(18-16)8-7-13-9-17-19(2)10-13/h3-6,9-10,14,18H,7-8,11,16H2,1-2H3. The van der Waals surface area contributed by atoms with Crippen molar-refractivity contribution in [1.82, 2.24) is 15.2 Å². The Balaban J connectivity index is 1.82. The Hall–Kier alpha value is -1.30. The highest BCUT2D eigenvalue weighted by Crippen LogP contribution is 2.23. The summed E-state index contributed by atoms with van der Waals surface area (Å²) < 4.78 is 1.84. The van der Waals surface area contributed by atoms with Gasteiger partial charge in [-0.05, 0) is 37.0 Å². The smallest absolute Gasteiger partial charge is 0.0521 e. The monoisotopic (exact) mass is 290 g/mol. The molecule has 2 rings (SSSR count). The molecule has 0 aliphatic rings. The van der Waals surface area contributed by atoms with Crippen LogP contribution in [0.3, 0.4) is 0 Å². The van der Waals surface area contributed by atoms with Crippen LogP contribution in [0.25, 0.3) is 0 Å². The highest BCUT2D eigenvalue weighted by Gasteiger charge is 2.09. The predicted octanol–water partition coefficient (Wildman–Crippen LogP) is 2.29. The summed E-state index contributed by atoms with van der Waals surface area (Å²) in [6, 6.07) is 8.76. The first kappa shape index (κ1) is 15.1. The molecule has 0 saturated heterocycles. The lowest BCUT2D eigenvalue weighted by Gasteiger charge is -2.15. The largest absolute Gasteiger partial charge is 0.276 e. The number of rotatable bonds is 7. The summed E-state index contributed by atoms with van der Waals surface area (Å²) in [6.07, 6.45) is 5.99. The minimum absolute atomic E-state index is 0.305. The zero-order valence-electron chi connectivity index (χ0n) is 12.0. The van der Waals surface area contributed by atoms with Crippen molar-refractivity contribution in [3.63, 3.8) is 0 Å². The van der Waals surface area contributed by atoms with E-state index in [-0.39, 0.29) is 0 Å². The Kier molecular flexibility index (Phi) is 5.64. The van der Waals surface area contributed by atoms with Crippen LogP contribution >= 0.6 is 11.8 Å². The Labute approximate surface area is 124 Å². The second-order valence-electron chi connectivity index (χ2n) is 5.00. The normalized spacial score (nSPS) is 12.6. The molecule has 0 saturated carbocycles. The minimum Gasteiger partial charge on any atom is -0.276 e. The molecule has 1 unspecified atom stereocenters. The summed E-state index contributed by atoms with van der Waals surface area (Å²) in [7, 11) is 1.94. The molecule has 0 aliphatic carbocycles. The number of nitrogens with zero attached hydrogens (tertiary/aromatic N) is 2. The van der Waals surface area contributed by atoms with Gasteiger partial charge in [0.05, 0.1) is 6.20 Å². The van der Waals surface area contributed by atoms with Gasteiger partial charge in [-0.2, -0.15) is 5.10 Å². The first-order valence-corrected chi connectivity index (χ1v) is 7.79. The number of thioether (sulfide) groups is 1. The molecule has 5 heteroatoms. The van der Waals surface area contributed by atoms with Gasteiger partial charge in [0.2, 0.25) is 0 Å². The van der Waals surface area contributed by atoms with Gasteiger partial charge in [-0.3, -0.25) is 16.0 Å². The van der Waals surface area contributed by atoms with Crippen molar-refractivity contribution in [1.29, 1.82) is 0 Å². The molecule has 0 amide bonds. The summed E-state index contributed by atoms with van der Waals surface area (Å²) in [5.74, 6) is 6.63. The molecule has 2 aromatic rings. The van der Waals surface area contributed by atoms with Crippen molar-refractivity contribution in [2.75, 3.05) is 5.75 Å². The van der Waals surface area contributed by atoms with E-state index < -0.39 is 0 Å². The quantitative estimate of drug-likeness (QED) is 0.467. The fourth-order valence-electron chi connectivity index (χ4n) is 2.07. The van der Waals surface area contributed by atoms with E-state index in [2.05, 4.69) is 47.9 Å². The van der Waals surface area contributed by atoms with Crippen molar-refractivity contribution >= 4 is 11.8 Å². The molecule has 0 fully saturated rings. The van der Waals surface area contributed by atoms with Crippen molar-refractivity contribution in [2.45, 2.75) is 30.7 Å². The van der Waals surface area contributed by atoms with Gasteiger partial charge in [-0.25, -0.2) is 0 Å². The average molecular weight is 290 g/mol. The highest BCUT2D eigenvalue weighted by atomic mass is 32.2. The third kappa shape index (κ3) is 4.37. The van der Waals surface area contributed by atoms with Crippen LogP contribution in [0, 0.1) is 6.92 Å². The molecular weight excluding hydrogens is 268 g/mol. The second kappa shape index (κ2) is 7.47. The van der Waals surface area contributed by atoms with E-state index in [4.69, 9.17) is 5.84 Å². The van der Waals surface area contributed by atoms with Crippen LogP contribution in [-0.4, -0.2) is 21.6 Å². The van der Waals surface area contributed by atoms with Crippen molar-refractivity contribution < 1.29 is 0 Å². The maximum atomic E-state index is 5.66. The Morgan fingerprint density at radius 1 is 1.40 bits per heavy atom. The molecule has 3 N–H and O–H groups in total. The highest BCUT2D eigenvalue weighted by molar-refractivity contribution is 7.99.